The number of sulfonamides is 1. The van der Waals surface area contributed by atoms with Crippen LogP contribution in [0.1, 0.15) is 36.5 Å². The van der Waals surface area contributed by atoms with Gasteiger partial charge in [0.05, 0.1) is 5.25 Å². The molecule has 4 nitrogen and oxygen atoms in total. The molecule has 2 N–H and O–H groups in total. The van der Waals surface area contributed by atoms with E-state index >= 15 is 0 Å². The summed E-state index contributed by atoms with van der Waals surface area (Å²) in [6.07, 6.45) is 3.01. The highest BCUT2D eigenvalue weighted by Gasteiger charge is 2.35. The van der Waals surface area contributed by atoms with Gasteiger partial charge in [-0.1, -0.05) is 6.07 Å². The van der Waals surface area contributed by atoms with Crippen LogP contribution in [0.5, 0.6) is 0 Å². The lowest BCUT2D eigenvalue weighted by molar-refractivity contribution is 0.273. The van der Waals surface area contributed by atoms with E-state index in [1.54, 1.807) is 11.3 Å². The average molecular weight is 289 g/mol. The molecule has 0 saturated heterocycles. The fourth-order valence-electron chi connectivity index (χ4n) is 1.98. The molecule has 102 valence electrons. The van der Waals surface area contributed by atoms with Gasteiger partial charge in [0.15, 0.2) is 0 Å². The topological polar surface area (TPSA) is 66.4 Å². The summed E-state index contributed by atoms with van der Waals surface area (Å²) in [5.41, 5.74) is 0. The maximum absolute atomic E-state index is 11.7. The second-order valence-electron chi connectivity index (χ2n) is 4.65. The highest BCUT2D eigenvalue weighted by Crippen LogP contribution is 2.29. The molecule has 1 aliphatic carbocycles. The molecule has 0 amide bonds. The normalized spacial score (nSPS) is 17.8. The van der Waals surface area contributed by atoms with Crippen molar-refractivity contribution in [1.82, 2.24) is 4.72 Å². The molecule has 6 heteroatoms. The van der Waals surface area contributed by atoms with Crippen LogP contribution in [0.25, 0.3) is 0 Å². The minimum absolute atomic E-state index is 0.137. The van der Waals surface area contributed by atoms with Crippen molar-refractivity contribution in [3.8, 4) is 0 Å². The van der Waals surface area contributed by atoms with E-state index in [2.05, 4.69) is 4.72 Å². The first-order chi connectivity index (χ1) is 8.63. The Morgan fingerprint density at radius 3 is 2.78 bits per heavy atom. The van der Waals surface area contributed by atoms with E-state index in [9.17, 15) is 8.42 Å². The summed E-state index contributed by atoms with van der Waals surface area (Å²) in [7, 11) is -3.08. The van der Waals surface area contributed by atoms with Crippen LogP contribution in [-0.2, 0) is 10.0 Å². The van der Waals surface area contributed by atoms with Crippen molar-refractivity contribution in [3.63, 3.8) is 0 Å². The van der Waals surface area contributed by atoms with Gasteiger partial charge in [-0.2, -0.15) is 0 Å². The van der Waals surface area contributed by atoms with E-state index < -0.39 is 10.0 Å². The van der Waals surface area contributed by atoms with Crippen molar-refractivity contribution in [3.05, 3.63) is 22.4 Å². The summed E-state index contributed by atoms with van der Waals surface area (Å²) in [5.74, 6) is 0.247. The van der Waals surface area contributed by atoms with Crippen molar-refractivity contribution in [2.45, 2.75) is 36.9 Å². The number of aliphatic hydroxyl groups excluding tert-OH is 1. The lowest BCUT2D eigenvalue weighted by Gasteiger charge is -2.14. The van der Waals surface area contributed by atoms with Crippen LogP contribution in [0.3, 0.4) is 0 Å². The first-order valence-corrected chi connectivity index (χ1v) is 8.69. The fraction of sp³-hybridized carbons (Fsp3) is 0.667. The summed E-state index contributed by atoms with van der Waals surface area (Å²) in [6.45, 7) is 0.597. The van der Waals surface area contributed by atoms with Crippen LogP contribution in [0.15, 0.2) is 17.5 Å². The molecule has 0 unspecified atom stereocenters. The highest BCUT2D eigenvalue weighted by molar-refractivity contribution is 7.90. The average Bonchev–Trinajstić information content (AvgIpc) is 3.06. The van der Waals surface area contributed by atoms with E-state index in [-0.39, 0.29) is 17.8 Å². The Morgan fingerprint density at radius 1 is 1.44 bits per heavy atom. The summed E-state index contributed by atoms with van der Waals surface area (Å²) >= 11 is 1.66. The summed E-state index contributed by atoms with van der Waals surface area (Å²) in [6, 6.07) is 4.03. The zero-order valence-corrected chi connectivity index (χ0v) is 11.8. The van der Waals surface area contributed by atoms with Crippen LogP contribution in [0.4, 0.5) is 0 Å². The number of hydrogen-bond donors (Lipinski definition) is 2. The lowest BCUT2D eigenvalue weighted by Crippen LogP contribution is -2.29. The second-order valence-corrected chi connectivity index (χ2v) is 7.68. The molecular formula is C12H19NO3S2. The molecule has 1 saturated carbocycles. The molecule has 1 aliphatic rings. The number of thiophene rings is 1. The maximum Gasteiger partial charge on any atom is 0.214 e. The molecule has 0 bridgehead atoms. The van der Waals surface area contributed by atoms with Crippen molar-refractivity contribution in [2.75, 3.05) is 13.2 Å². The van der Waals surface area contributed by atoms with Gasteiger partial charge in [-0.15, -0.1) is 11.3 Å². The van der Waals surface area contributed by atoms with Crippen LogP contribution < -0.4 is 4.72 Å². The minimum Gasteiger partial charge on any atom is -0.396 e. The van der Waals surface area contributed by atoms with E-state index in [0.29, 0.717) is 13.0 Å². The van der Waals surface area contributed by atoms with Gasteiger partial charge >= 0.3 is 0 Å². The van der Waals surface area contributed by atoms with E-state index in [1.165, 1.54) is 4.88 Å². The van der Waals surface area contributed by atoms with Crippen LogP contribution >= 0.6 is 11.3 Å². The number of nitrogens with one attached hydrogen (secondary N) is 1. The van der Waals surface area contributed by atoms with E-state index in [0.717, 1.165) is 19.3 Å². The smallest absolute Gasteiger partial charge is 0.214 e. The molecule has 1 heterocycles. The summed E-state index contributed by atoms with van der Waals surface area (Å²) < 4.78 is 26.0. The number of aliphatic hydroxyl groups is 1. The van der Waals surface area contributed by atoms with Gasteiger partial charge in [-0.25, -0.2) is 13.1 Å². The zero-order valence-electron chi connectivity index (χ0n) is 10.2. The Bertz CT molecular complexity index is 452. The van der Waals surface area contributed by atoms with E-state index in [1.807, 2.05) is 17.5 Å². The molecule has 0 aromatic carbocycles. The van der Waals surface area contributed by atoms with Crippen molar-refractivity contribution >= 4 is 21.4 Å². The van der Waals surface area contributed by atoms with Crippen molar-refractivity contribution in [2.24, 2.45) is 0 Å². The molecular weight excluding hydrogens is 270 g/mol. The Kier molecular flexibility index (Phi) is 4.77. The van der Waals surface area contributed by atoms with Crippen molar-refractivity contribution < 1.29 is 13.5 Å². The third-order valence-electron chi connectivity index (χ3n) is 3.18. The third-order valence-corrected chi connectivity index (χ3v) is 6.17. The van der Waals surface area contributed by atoms with Gasteiger partial charge in [0, 0.05) is 18.0 Å². The molecule has 1 fully saturated rings. The molecule has 1 atom stereocenters. The Morgan fingerprint density at radius 2 is 2.22 bits per heavy atom. The Labute approximate surface area is 112 Å². The van der Waals surface area contributed by atoms with Gasteiger partial charge in [-0.3, -0.25) is 0 Å². The number of hydrogen-bond acceptors (Lipinski definition) is 4. The molecule has 1 aromatic heterocycles. The first-order valence-electron chi connectivity index (χ1n) is 6.26. The predicted octanol–water partition coefficient (Wildman–Crippen LogP) is 1.69. The highest BCUT2D eigenvalue weighted by atomic mass is 32.2. The predicted molar refractivity (Wildman–Crippen MR) is 73.3 cm³/mol. The number of rotatable bonds is 8. The Balaban J connectivity index is 1.83. The minimum atomic E-state index is -3.08. The third kappa shape index (κ3) is 3.78. The summed E-state index contributed by atoms with van der Waals surface area (Å²) in [5, 5.41) is 10.9. The molecule has 0 radical (unpaired) electrons. The molecule has 0 spiro atoms. The molecule has 18 heavy (non-hydrogen) atoms. The summed E-state index contributed by atoms with van der Waals surface area (Å²) in [4.78, 5) is 1.22. The molecule has 0 aliphatic heterocycles. The molecule has 1 aromatic rings. The standard InChI is InChI=1S/C12H19NO3S2/c14-8-6-10(12-2-1-9-17-12)5-7-13-18(15,16)11-3-4-11/h1-2,9-11,13-14H,3-8H2/t10-/m0/s1. The van der Waals surface area contributed by atoms with Crippen LogP contribution in [0, 0.1) is 0 Å². The fourth-order valence-corrected chi connectivity index (χ4v) is 4.27. The van der Waals surface area contributed by atoms with Crippen LogP contribution in [-0.4, -0.2) is 31.9 Å². The van der Waals surface area contributed by atoms with E-state index in [4.69, 9.17) is 5.11 Å². The van der Waals surface area contributed by atoms with Gasteiger partial charge < -0.3 is 5.11 Å². The SMILES string of the molecule is O=S(=O)(NCC[C@@H](CCO)c1cccs1)C1CC1. The van der Waals surface area contributed by atoms with Gasteiger partial charge in [0.1, 0.15) is 0 Å². The second kappa shape index (κ2) is 6.14. The maximum atomic E-state index is 11.7. The largest absolute Gasteiger partial charge is 0.396 e. The quantitative estimate of drug-likeness (QED) is 0.765. The van der Waals surface area contributed by atoms with Gasteiger partial charge in [0.2, 0.25) is 10.0 Å². The van der Waals surface area contributed by atoms with Crippen molar-refractivity contribution in [1.29, 1.82) is 0 Å². The molecule has 2 rings (SSSR count). The zero-order chi connectivity index (χ0) is 13.0. The lowest BCUT2D eigenvalue weighted by atomic mass is 10.0. The Hall–Kier alpha value is -0.430. The monoisotopic (exact) mass is 289 g/mol. The van der Waals surface area contributed by atoms with Crippen LogP contribution in [0.2, 0.25) is 0 Å². The first kappa shape index (κ1) is 14.0. The van der Waals surface area contributed by atoms with Gasteiger partial charge in [0.25, 0.3) is 0 Å². The van der Waals surface area contributed by atoms with Gasteiger partial charge in [-0.05, 0) is 43.0 Å².